The molecule has 1 N–H and O–H groups in total. The van der Waals surface area contributed by atoms with E-state index in [4.69, 9.17) is 5.26 Å². The van der Waals surface area contributed by atoms with Crippen LogP contribution in [0.5, 0.6) is 5.88 Å². The SMILES string of the molecule is N#Cc1cc(=O)[nH]c(OC(F)(F)F)c1Br. The lowest BCUT2D eigenvalue weighted by atomic mass is 10.3. The van der Waals surface area contributed by atoms with E-state index in [1.165, 1.54) is 0 Å². The Balaban J connectivity index is 3.26. The number of aromatic nitrogens is 1. The topological polar surface area (TPSA) is 65.9 Å². The highest BCUT2D eigenvalue weighted by Gasteiger charge is 2.33. The maximum atomic E-state index is 11.8. The van der Waals surface area contributed by atoms with Gasteiger partial charge in [-0.1, -0.05) is 0 Å². The minimum atomic E-state index is -4.93. The highest BCUT2D eigenvalue weighted by molar-refractivity contribution is 9.10. The van der Waals surface area contributed by atoms with Crippen LogP contribution in [0.4, 0.5) is 13.2 Å². The summed E-state index contributed by atoms with van der Waals surface area (Å²) >= 11 is 2.71. The fourth-order valence-corrected chi connectivity index (χ4v) is 1.17. The van der Waals surface area contributed by atoms with Crippen LogP contribution in [-0.2, 0) is 0 Å². The minimum absolute atomic E-state index is 0.238. The largest absolute Gasteiger partial charge is 0.574 e. The summed E-state index contributed by atoms with van der Waals surface area (Å²) in [5, 5.41) is 8.50. The van der Waals surface area contributed by atoms with Crippen molar-refractivity contribution in [2.24, 2.45) is 0 Å². The molecule has 0 bridgehead atoms. The fraction of sp³-hybridized carbons (Fsp3) is 0.143. The maximum absolute atomic E-state index is 11.8. The number of hydrogen-bond acceptors (Lipinski definition) is 3. The zero-order valence-corrected chi connectivity index (χ0v) is 8.44. The summed E-state index contributed by atoms with van der Waals surface area (Å²) in [4.78, 5) is 12.6. The number of alkyl halides is 3. The molecule has 8 heteroatoms. The highest BCUT2D eigenvalue weighted by Crippen LogP contribution is 2.29. The predicted molar refractivity (Wildman–Crippen MR) is 46.2 cm³/mol. The monoisotopic (exact) mass is 282 g/mol. The second-order valence-electron chi connectivity index (χ2n) is 2.35. The van der Waals surface area contributed by atoms with Crippen LogP contribution in [-0.4, -0.2) is 11.3 Å². The van der Waals surface area contributed by atoms with Gasteiger partial charge in [0.1, 0.15) is 6.07 Å². The molecular formula is C7H2BrF3N2O2. The standard InChI is InChI=1S/C7H2BrF3N2O2/c8-5-3(2-12)1-4(14)13-6(5)15-7(9,10)11/h1H,(H,13,14). The summed E-state index contributed by atoms with van der Waals surface area (Å²) < 4.78 is 38.8. The average Bonchev–Trinajstić information content (AvgIpc) is 2.08. The first-order valence-electron chi connectivity index (χ1n) is 3.42. The van der Waals surface area contributed by atoms with Gasteiger partial charge in [-0.25, -0.2) is 0 Å². The molecule has 0 radical (unpaired) electrons. The van der Waals surface area contributed by atoms with Crippen molar-refractivity contribution in [3.8, 4) is 11.9 Å². The van der Waals surface area contributed by atoms with Crippen molar-refractivity contribution in [1.29, 1.82) is 5.26 Å². The molecule has 1 aromatic heterocycles. The molecule has 0 aliphatic rings. The van der Waals surface area contributed by atoms with E-state index in [0.717, 1.165) is 6.07 Å². The molecule has 0 unspecified atom stereocenters. The van der Waals surface area contributed by atoms with Gasteiger partial charge in [0.15, 0.2) is 0 Å². The second-order valence-corrected chi connectivity index (χ2v) is 3.14. The Morgan fingerprint density at radius 1 is 1.53 bits per heavy atom. The van der Waals surface area contributed by atoms with Crippen LogP contribution in [0, 0.1) is 11.3 Å². The molecule has 0 amide bonds. The van der Waals surface area contributed by atoms with Crippen molar-refractivity contribution < 1.29 is 17.9 Å². The van der Waals surface area contributed by atoms with E-state index in [9.17, 15) is 18.0 Å². The van der Waals surface area contributed by atoms with Gasteiger partial charge < -0.3 is 4.74 Å². The van der Waals surface area contributed by atoms with E-state index in [1.54, 1.807) is 6.07 Å². The first-order chi connectivity index (χ1) is 6.83. The smallest absolute Gasteiger partial charge is 0.389 e. The molecular weight excluding hydrogens is 281 g/mol. The van der Waals surface area contributed by atoms with Crippen molar-refractivity contribution in [2.75, 3.05) is 0 Å². The lowest BCUT2D eigenvalue weighted by Gasteiger charge is -2.09. The van der Waals surface area contributed by atoms with Gasteiger partial charge in [-0.15, -0.1) is 13.2 Å². The number of nitriles is 1. The number of halogens is 4. The molecule has 0 aliphatic carbocycles. The van der Waals surface area contributed by atoms with Crippen LogP contribution in [0.1, 0.15) is 5.56 Å². The zero-order chi connectivity index (χ0) is 11.6. The van der Waals surface area contributed by atoms with E-state index in [-0.39, 0.29) is 10.0 Å². The number of ether oxygens (including phenoxy) is 1. The molecule has 1 aromatic rings. The molecule has 0 aliphatic heterocycles. The minimum Gasteiger partial charge on any atom is -0.389 e. The van der Waals surface area contributed by atoms with E-state index in [1.807, 2.05) is 4.98 Å². The third-order valence-electron chi connectivity index (χ3n) is 1.29. The molecule has 0 aromatic carbocycles. The molecule has 0 saturated heterocycles. The van der Waals surface area contributed by atoms with Crippen LogP contribution >= 0.6 is 15.9 Å². The molecule has 4 nitrogen and oxygen atoms in total. The summed E-state index contributed by atoms with van der Waals surface area (Å²) in [6.45, 7) is 0. The molecule has 15 heavy (non-hydrogen) atoms. The fourth-order valence-electron chi connectivity index (χ4n) is 0.787. The van der Waals surface area contributed by atoms with Gasteiger partial charge in [-0.2, -0.15) is 5.26 Å². The summed E-state index contributed by atoms with van der Waals surface area (Å²) in [6.07, 6.45) is -4.93. The quantitative estimate of drug-likeness (QED) is 0.856. The van der Waals surface area contributed by atoms with Crippen molar-refractivity contribution >= 4 is 15.9 Å². The second kappa shape index (κ2) is 3.94. The van der Waals surface area contributed by atoms with Gasteiger partial charge in [0.2, 0.25) is 5.88 Å². The molecule has 0 saturated carbocycles. The van der Waals surface area contributed by atoms with Crippen molar-refractivity contribution in [1.82, 2.24) is 4.98 Å². The van der Waals surface area contributed by atoms with Crippen LogP contribution in [0.3, 0.4) is 0 Å². The highest BCUT2D eigenvalue weighted by atomic mass is 79.9. The lowest BCUT2D eigenvalue weighted by molar-refractivity contribution is -0.276. The van der Waals surface area contributed by atoms with Crippen LogP contribution in [0.2, 0.25) is 0 Å². The van der Waals surface area contributed by atoms with Crippen molar-refractivity contribution in [3.05, 3.63) is 26.5 Å². The first-order valence-corrected chi connectivity index (χ1v) is 4.21. The number of nitrogens with one attached hydrogen (secondary N) is 1. The Labute approximate surface area is 89.4 Å². The molecule has 0 atom stereocenters. The molecule has 1 heterocycles. The van der Waals surface area contributed by atoms with Gasteiger partial charge in [0.05, 0.1) is 10.0 Å². The number of aromatic amines is 1. The summed E-state index contributed by atoms with van der Waals surface area (Å²) in [6, 6.07) is 2.40. The Hall–Kier alpha value is -1.49. The lowest BCUT2D eigenvalue weighted by Crippen LogP contribution is -2.20. The number of nitrogens with zero attached hydrogens (tertiary/aromatic N) is 1. The Morgan fingerprint density at radius 3 is 2.60 bits per heavy atom. The van der Waals surface area contributed by atoms with E-state index >= 15 is 0 Å². The zero-order valence-electron chi connectivity index (χ0n) is 6.85. The summed E-state index contributed by atoms with van der Waals surface area (Å²) in [7, 11) is 0. The van der Waals surface area contributed by atoms with Gasteiger partial charge in [0.25, 0.3) is 5.56 Å². The summed E-state index contributed by atoms with van der Waals surface area (Å²) in [5.74, 6) is -0.841. The number of pyridine rings is 1. The van der Waals surface area contributed by atoms with E-state index in [0.29, 0.717) is 0 Å². The van der Waals surface area contributed by atoms with Crippen LogP contribution < -0.4 is 10.3 Å². The van der Waals surface area contributed by atoms with Crippen molar-refractivity contribution in [3.63, 3.8) is 0 Å². The molecule has 0 fully saturated rings. The third kappa shape index (κ3) is 2.99. The molecule has 0 spiro atoms. The third-order valence-corrected chi connectivity index (χ3v) is 2.07. The molecule has 1 rings (SSSR count). The van der Waals surface area contributed by atoms with Gasteiger partial charge in [0, 0.05) is 6.07 Å². The Kier molecular flexibility index (Phi) is 3.04. The van der Waals surface area contributed by atoms with Crippen LogP contribution in [0.15, 0.2) is 15.3 Å². The Bertz CT molecular complexity index is 475. The van der Waals surface area contributed by atoms with Crippen molar-refractivity contribution in [2.45, 2.75) is 6.36 Å². The van der Waals surface area contributed by atoms with Gasteiger partial charge >= 0.3 is 6.36 Å². The molecule has 80 valence electrons. The van der Waals surface area contributed by atoms with E-state index in [2.05, 4.69) is 20.7 Å². The first kappa shape index (κ1) is 11.6. The number of rotatable bonds is 1. The average molecular weight is 283 g/mol. The van der Waals surface area contributed by atoms with Crippen LogP contribution in [0.25, 0.3) is 0 Å². The van der Waals surface area contributed by atoms with Gasteiger partial charge in [-0.3, -0.25) is 9.78 Å². The van der Waals surface area contributed by atoms with Gasteiger partial charge in [-0.05, 0) is 15.9 Å². The van der Waals surface area contributed by atoms with E-state index < -0.39 is 17.8 Å². The summed E-state index contributed by atoms with van der Waals surface area (Å²) in [5.41, 5.74) is -1.09. The Morgan fingerprint density at radius 2 is 2.13 bits per heavy atom. The predicted octanol–water partition coefficient (Wildman–Crippen LogP) is 1.91. The number of hydrogen-bond donors (Lipinski definition) is 1. The number of H-pyrrole nitrogens is 1. The maximum Gasteiger partial charge on any atom is 0.574 e. The normalized spacial score (nSPS) is 10.9.